The minimum absolute atomic E-state index is 0.132. The predicted molar refractivity (Wildman–Crippen MR) is 68.6 cm³/mol. The largest absolute Gasteiger partial charge is 0.396 e. The van der Waals surface area contributed by atoms with Crippen molar-refractivity contribution in [2.45, 2.75) is 51.6 Å². The lowest BCUT2D eigenvalue weighted by Gasteiger charge is -2.40. The Morgan fingerprint density at radius 1 is 1.21 bits per heavy atom. The van der Waals surface area contributed by atoms with Crippen LogP contribution in [0.2, 0.25) is 0 Å². The van der Waals surface area contributed by atoms with Crippen LogP contribution in [0.15, 0.2) is 18.2 Å². The van der Waals surface area contributed by atoms with Gasteiger partial charge in [-0.3, -0.25) is 0 Å². The molecule has 0 heterocycles. The summed E-state index contributed by atoms with van der Waals surface area (Å²) < 4.78 is 40.6. The van der Waals surface area contributed by atoms with Crippen LogP contribution in [-0.2, 0) is 0 Å². The number of alkyl halides is 3. The van der Waals surface area contributed by atoms with Crippen LogP contribution in [0.25, 0.3) is 0 Å². The van der Waals surface area contributed by atoms with Crippen LogP contribution in [0.3, 0.4) is 0 Å². The van der Waals surface area contributed by atoms with E-state index in [-0.39, 0.29) is 11.5 Å². The van der Waals surface area contributed by atoms with Crippen molar-refractivity contribution in [3.63, 3.8) is 0 Å². The van der Waals surface area contributed by atoms with Gasteiger partial charge in [-0.1, -0.05) is 44.9 Å². The van der Waals surface area contributed by atoms with Crippen LogP contribution >= 0.6 is 0 Å². The smallest absolute Gasteiger partial charge is 0.170 e. The highest BCUT2D eigenvalue weighted by Gasteiger charge is 2.53. The second-order valence-electron chi connectivity index (χ2n) is 6.03. The third-order valence-corrected chi connectivity index (χ3v) is 4.46. The average molecular weight is 268 g/mol. The molecule has 3 heteroatoms. The molecule has 0 spiro atoms. The van der Waals surface area contributed by atoms with E-state index in [2.05, 4.69) is 12.1 Å². The van der Waals surface area contributed by atoms with Crippen LogP contribution in [-0.4, -0.2) is 6.18 Å². The van der Waals surface area contributed by atoms with Gasteiger partial charge in [0.05, 0.1) is 5.92 Å². The predicted octanol–water partition coefficient (Wildman–Crippen LogP) is 5.15. The first kappa shape index (κ1) is 14.2. The highest BCUT2D eigenvalue weighted by atomic mass is 19.4. The molecule has 0 nitrogen and oxygen atoms in total. The third-order valence-electron chi connectivity index (χ3n) is 4.46. The summed E-state index contributed by atoms with van der Waals surface area (Å²) in [6.07, 6.45) is -0.351. The molecule has 1 aliphatic rings. The fourth-order valence-corrected chi connectivity index (χ4v) is 3.44. The van der Waals surface area contributed by atoms with Gasteiger partial charge < -0.3 is 0 Å². The Hall–Kier alpha value is -1.17. The number of halogens is 3. The van der Waals surface area contributed by atoms with Gasteiger partial charge in [0.2, 0.25) is 0 Å². The Morgan fingerprint density at radius 3 is 2.32 bits per heavy atom. The normalized spacial score (nSPS) is 19.2. The zero-order chi connectivity index (χ0) is 14.1. The number of hydrogen-bond donors (Lipinski definition) is 0. The van der Waals surface area contributed by atoms with Crippen molar-refractivity contribution in [2.75, 3.05) is 0 Å². The van der Waals surface area contributed by atoms with Gasteiger partial charge in [0.1, 0.15) is 0 Å². The Labute approximate surface area is 113 Å². The molecule has 1 atom stereocenters. The van der Waals surface area contributed by atoms with Gasteiger partial charge >= 0.3 is 6.18 Å². The number of hydrogen-bond acceptors (Lipinski definition) is 0. The van der Waals surface area contributed by atoms with Crippen molar-refractivity contribution in [1.29, 1.82) is 0 Å². The molecular formula is C16H19F3. The Morgan fingerprint density at radius 2 is 1.84 bits per heavy atom. The molecule has 104 valence electrons. The van der Waals surface area contributed by atoms with Crippen LogP contribution < -0.4 is 0 Å². The topological polar surface area (TPSA) is 0 Å². The fraction of sp³-hybridized carbons (Fsp3) is 0.625. The molecule has 0 radical (unpaired) electrons. The number of rotatable bonds is 3. The van der Waals surface area contributed by atoms with Gasteiger partial charge in [-0.15, -0.1) is 0 Å². The lowest BCUT2D eigenvalue weighted by atomic mass is 9.66. The first-order valence-corrected chi connectivity index (χ1v) is 6.78. The second kappa shape index (κ2) is 5.07. The van der Waals surface area contributed by atoms with Crippen molar-refractivity contribution >= 4 is 0 Å². The molecule has 0 saturated heterocycles. The van der Waals surface area contributed by atoms with E-state index in [0.717, 1.165) is 25.7 Å². The Bertz CT molecular complexity index is 400. The van der Waals surface area contributed by atoms with E-state index in [1.807, 2.05) is 0 Å². The minimum Gasteiger partial charge on any atom is -0.170 e. The maximum atomic E-state index is 13.5. The molecule has 0 bridgehead atoms. The van der Waals surface area contributed by atoms with E-state index in [1.54, 1.807) is 26.0 Å². The molecule has 1 aromatic carbocycles. The molecule has 1 fully saturated rings. The van der Waals surface area contributed by atoms with E-state index in [1.165, 1.54) is 6.07 Å². The fourth-order valence-electron chi connectivity index (χ4n) is 3.44. The summed E-state index contributed by atoms with van der Waals surface area (Å²) in [6, 6.07) is 10.0. The molecule has 0 amide bonds. The maximum absolute atomic E-state index is 13.5. The molecule has 0 N–H and O–H groups in total. The average Bonchev–Trinajstić information content (AvgIpc) is 2.82. The summed E-state index contributed by atoms with van der Waals surface area (Å²) in [5, 5.41) is 0. The highest BCUT2D eigenvalue weighted by molar-refractivity contribution is 5.19. The van der Waals surface area contributed by atoms with Crippen molar-refractivity contribution in [3.8, 4) is 0 Å². The Kier molecular flexibility index (Phi) is 3.80. The van der Waals surface area contributed by atoms with E-state index in [0.29, 0.717) is 0 Å². The first-order valence-electron chi connectivity index (χ1n) is 6.78. The van der Waals surface area contributed by atoms with E-state index in [4.69, 9.17) is 0 Å². The van der Waals surface area contributed by atoms with Crippen molar-refractivity contribution in [3.05, 3.63) is 35.9 Å². The Balaban J connectivity index is 2.38. The summed E-state index contributed by atoms with van der Waals surface area (Å²) in [4.78, 5) is 0. The lowest BCUT2D eigenvalue weighted by Crippen LogP contribution is -2.38. The van der Waals surface area contributed by atoms with Crippen LogP contribution in [0.1, 0.15) is 51.0 Å². The highest BCUT2D eigenvalue weighted by Crippen LogP contribution is 2.54. The maximum Gasteiger partial charge on any atom is 0.396 e. The molecule has 1 aliphatic carbocycles. The van der Waals surface area contributed by atoms with Crippen LogP contribution in [0.5, 0.6) is 0 Å². The SMILES string of the molecule is CC(C)(C1CCCC1)C(c1c#cccc1)C(F)(F)F. The monoisotopic (exact) mass is 268 g/mol. The summed E-state index contributed by atoms with van der Waals surface area (Å²) in [6.45, 7) is 3.50. The van der Waals surface area contributed by atoms with Gasteiger partial charge in [-0.25, -0.2) is 0 Å². The van der Waals surface area contributed by atoms with Crippen molar-refractivity contribution in [1.82, 2.24) is 0 Å². The third kappa shape index (κ3) is 2.88. The zero-order valence-corrected chi connectivity index (χ0v) is 11.3. The molecule has 1 unspecified atom stereocenters. The molecule has 19 heavy (non-hydrogen) atoms. The molecule has 1 saturated carbocycles. The summed E-state index contributed by atoms with van der Waals surface area (Å²) in [5.74, 6) is -1.33. The van der Waals surface area contributed by atoms with Crippen LogP contribution in [0, 0.1) is 23.5 Å². The van der Waals surface area contributed by atoms with E-state index >= 15 is 0 Å². The second-order valence-corrected chi connectivity index (χ2v) is 6.03. The van der Waals surface area contributed by atoms with E-state index in [9.17, 15) is 13.2 Å². The summed E-state index contributed by atoms with van der Waals surface area (Å²) in [7, 11) is 0. The molecule has 0 aliphatic heterocycles. The summed E-state index contributed by atoms with van der Waals surface area (Å²) in [5.41, 5.74) is -0.577. The summed E-state index contributed by atoms with van der Waals surface area (Å²) >= 11 is 0. The van der Waals surface area contributed by atoms with Gasteiger partial charge in [-0.2, -0.15) is 13.2 Å². The zero-order valence-electron chi connectivity index (χ0n) is 11.3. The van der Waals surface area contributed by atoms with Gasteiger partial charge in [0.25, 0.3) is 0 Å². The molecule has 0 aromatic heterocycles. The molecular weight excluding hydrogens is 249 g/mol. The minimum atomic E-state index is -4.24. The first-order chi connectivity index (χ1) is 8.83. The van der Waals surface area contributed by atoms with Gasteiger partial charge in [-0.05, 0) is 36.3 Å². The van der Waals surface area contributed by atoms with Gasteiger partial charge in [0.15, 0.2) is 0 Å². The van der Waals surface area contributed by atoms with Crippen molar-refractivity contribution < 1.29 is 13.2 Å². The lowest BCUT2D eigenvalue weighted by molar-refractivity contribution is -0.181. The quantitative estimate of drug-likeness (QED) is 0.711. The van der Waals surface area contributed by atoms with E-state index < -0.39 is 17.5 Å². The van der Waals surface area contributed by atoms with Gasteiger partial charge in [0, 0.05) is 5.56 Å². The van der Waals surface area contributed by atoms with Crippen LogP contribution in [0.4, 0.5) is 13.2 Å². The standard InChI is InChI=1S/C16H19F3/c1-15(2,13-10-6-7-11-13)14(16(17,18)19)12-8-4-3-5-9-12/h3-4,8,13-14H,6-7,10-11H2,1-2H3. The molecule has 2 rings (SSSR count). The molecule has 1 aromatic rings. The van der Waals surface area contributed by atoms with Crippen molar-refractivity contribution in [2.24, 2.45) is 11.3 Å².